The highest BCUT2D eigenvalue weighted by Gasteiger charge is 2.15. The molecule has 5 nitrogen and oxygen atoms in total. The summed E-state index contributed by atoms with van der Waals surface area (Å²) in [4.78, 5) is 6.26. The zero-order chi connectivity index (χ0) is 11.3. The van der Waals surface area contributed by atoms with Crippen molar-refractivity contribution < 1.29 is 8.42 Å². The standard InChI is InChI=1S/C9H17N3O2S/c1-8(2)4-3-5-12-15(13,14)9-10-6-7-11-9/h6-8,12H,3-5H2,1-2H3,(H,10,11). The lowest BCUT2D eigenvalue weighted by molar-refractivity contribution is 0.537. The Morgan fingerprint density at radius 2 is 2.27 bits per heavy atom. The fourth-order valence-corrected chi connectivity index (χ4v) is 2.16. The van der Waals surface area contributed by atoms with Gasteiger partial charge in [-0.15, -0.1) is 0 Å². The predicted octanol–water partition coefficient (Wildman–Crippen LogP) is 1.12. The monoisotopic (exact) mass is 231 g/mol. The largest absolute Gasteiger partial charge is 0.334 e. The summed E-state index contributed by atoms with van der Waals surface area (Å²) < 4.78 is 25.6. The molecule has 6 heteroatoms. The molecule has 0 aromatic carbocycles. The first-order valence-electron chi connectivity index (χ1n) is 5.01. The molecule has 0 saturated heterocycles. The van der Waals surface area contributed by atoms with Gasteiger partial charge in [0.25, 0.3) is 10.0 Å². The average molecular weight is 231 g/mol. The maximum absolute atomic E-state index is 11.5. The highest BCUT2D eigenvalue weighted by Crippen LogP contribution is 2.04. The number of aromatic nitrogens is 2. The Labute approximate surface area is 90.4 Å². The molecule has 0 atom stereocenters. The normalized spacial score (nSPS) is 12.2. The van der Waals surface area contributed by atoms with Crippen molar-refractivity contribution in [2.75, 3.05) is 6.54 Å². The summed E-state index contributed by atoms with van der Waals surface area (Å²) in [5, 5.41) is -0.0213. The molecule has 0 aliphatic rings. The van der Waals surface area contributed by atoms with E-state index in [0.717, 1.165) is 12.8 Å². The highest BCUT2D eigenvalue weighted by molar-refractivity contribution is 7.89. The molecule has 0 aliphatic carbocycles. The van der Waals surface area contributed by atoms with Crippen LogP contribution < -0.4 is 4.72 Å². The molecule has 0 amide bonds. The van der Waals surface area contributed by atoms with Crippen molar-refractivity contribution in [3.63, 3.8) is 0 Å². The van der Waals surface area contributed by atoms with Crippen molar-refractivity contribution in [3.8, 4) is 0 Å². The van der Waals surface area contributed by atoms with Crippen LogP contribution in [0.15, 0.2) is 17.6 Å². The Balaban J connectivity index is 2.39. The van der Waals surface area contributed by atoms with E-state index in [1.807, 2.05) is 0 Å². The van der Waals surface area contributed by atoms with E-state index in [9.17, 15) is 8.42 Å². The van der Waals surface area contributed by atoms with Crippen molar-refractivity contribution in [2.24, 2.45) is 5.92 Å². The molecular weight excluding hydrogens is 214 g/mol. The first kappa shape index (κ1) is 12.2. The summed E-state index contributed by atoms with van der Waals surface area (Å²) >= 11 is 0. The van der Waals surface area contributed by atoms with Gasteiger partial charge in [0.2, 0.25) is 5.16 Å². The molecule has 0 radical (unpaired) electrons. The molecule has 0 aliphatic heterocycles. The summed E-state index contributed by atoms with van der Waals surface area (Å²) in [6.45, 7) is 4.68. The summed E-state index contributed by atoms with van der Waals surface area (Å²) in [7, 11) is -3.43. The zero-order valence-electron chi connectivity index (χ0n) is 9.03. The van der Waals surface area contributed by atoms with Gasteiger partial charge in [0, 0.05) is 18.9 Å². The molecular formula is C9H17N3O2S. The maximum atomic E-state index is 11.5. The van der Waals surface area contributed by atoms with Gasteiger partial charge in [-0.3, -0.25) is 0 Å². The van der Waals surface area contributed by atoms with Gasteiger partial charge in [0.1, 0.15) is 0 Å². The molecule has 0 spiro atoms. The zero-order valence-corrected chi connectivity index (χ0v) is 9.84. The maximum Gasteiger partial charge on any atom is 0.274 e. The van der Waals surface area contributed by atoms with E-state index in [2.05, 4.69) is 28.5 Å². The van der Waals surface area contributed by atoms with Gasteiger partial charge in [-0.25, -0.2) is 18.1 Å². The van der Waals surface area contributed by atoms with Crippen molar-refractivity contribution >= 4 is 10.0 Å². The van der Waals surface area contributed by atoms with E-state index in [0.29, 0.717) is 12.5 Å². The van der Waals surface area contributed by atoms with Crippen molar-refractivity contribution in [2.45, 2.75) is 31.8 Å². The van der Waals surface area contributed by atoms with Gasteiger partial charge in [-0.05, 0) is 18.8 Å². The molecule has 15 heavy (non-hydrogen) atoms. The summed E-state index contributed by atoms with van der Waals surface area (Å²) in [5.74, 6) is 0.595. The first-order chi connectivity index (χ1) is 7.02. The number of hydrogen-bond acceptors (Lipinski definition) is 3. The van der Waals surface area contributed by atoms with E-state index in [1.165, 1.54) is 12.4 Å². The Hall–Kier alpha value is -0.880. The average Bonchev–Trinajstić information content (AvgIpc) is 2.65. The second-order valence-corrected chi connectivity index (χ2v) is 5.51. The van der Waals surface area contributed by atoms with Gasteiger partial charge >= 0.3 is 0 Å². The Morgan fingerprint density at radius 3 is 2.80 bits per heavy atom. The number of imidazole rings is 1. The fourth-order valence-electron chi connectivity index (χ4n) is 1.18. The minimum Gasteiger partial charge on any atom is -0.334 e. The van der Waals surface area contributed by atoms with Crippen LogP contribution in [0.3, 0.4) is 0 Å². The molecule has 0 fully saturated rings. The molecule has 1 aromatic rings. The third-order valence-corrected chi connectivity index (χ3v) is 3.29. The van der Waals surface area contributed by atoms with E-state index >= 15 is 0 Å². The lowest BCUT2D eigenvalue weighted by Gasteiger charge is -2.05. The van der Waals surface area contributed by atoms with Crippen molar-refractivity contribution in [1.82, 2.24) is 14.7 Å². The quantitative estimate of drug-likeness (QED) is 0.720. The minimum absolute atomic E-state index is 0.0213. The second kappa shape index (κ2) is 5.27. The predicted molar refractivity (Wildman–Crippen MR) is 57.8 cm³/mol. The number of nitrogens with zero attached hydrogens (tertiary/aromatic N) is 1. The van der Waals surface area contributed by atoms with Crippen LogP contribution in [-0.4, -0.2) is 24.9 Å². The van der Waals surface area contributed by atoms with Crippen LogP contribution in [0.4, 0.5) is 0 Å². The van der Waals surface area contributed by atoms with Gasteiger partial charge in [-0.2, -0.15) is 0 Å². The molecule has 1 rings (SSSR count). The smallest absolute Gasteiger partial charge is 0.274 e. The van der Waals surface area contributed by atoms with Gasteiger partial charge in [0.05, 0.1) is 0 Å². The lowest BCUT2D eigenvalue weighted by atomic mass is 10.1. The molecule has 0 unspecified atom stereocenters. The molecule has 0 bridgehead atoms. The Kier molecular flexibility index (Phi) is 4.28. The number of rotatable bonds is 6. The topological polar surface area (TPSA) is 74.8 Å². The van der Waals surface area contributed by atoms with E-state index in [-0.39, 0.29) is 5.16 Å². The third-order valence-electron chi connectivity index (χ3n) is 1.98. The molecule has 1 aromatic heterocycles. The number of aromatic amines is 1. The number of nitrogens with one attached hydrogen (secondary N) is 2. The molecule has 86 valence electrons. The van der Waals surface area contributed by atoms with Crippen LogP contribution in [0.1, 0.15) is 26.7 Å². The van der Waals surface area contributed by atoms with Crippen molar-refractivity contribution in [1.29, 1.82) is 0 Å². The highest BCUT2D eigenvalue weighted by atomic mass is 32.2. The SMILES string of the molecule is CC(C)CCCNS(=O)(=O)c1ncc[nH]1. The van der Waals surface area contributed by atoms with Crippen LogP contribution in [0.5, 0.6) is 0 Å². The first-order valence-corrected chi connectivity index (χ1v) is 6.50. The number of H-pyrrole nitrogens is 1. The Bertz CT molecular complexity index is 370. The molecule has 1 heterocycles. The van der Waals surface area contributed by atoms with Gasteiger partial charge < -0.3 is 4.98 Å². The molecule has 2 N–H and O–H groups in total. The minimum atomic E-state index is -3.43. The summed E-state index contributed by atoms with van der Waals surface area (Å²) in [6.07, 6.45) is 4.77. The second-order valence-electron chi connectivity index (χ2n) is 3.83. The van der Waals surface area contributed by atoms with Crippen molar-refractivity contribution in [3.05, 3.63) is 12.4 Å². The van der Waals surface area contributed by atoms with Crippen LogP contribution >= 0.6 is 0 Å². The van der Waals surface area contributed by atoms with Crippen LogP contribution in [0, 0.1) is 5.92 Å². The van der Waals surface area contributed by atoms with Crippen LogP contribution in [0.2, 0.25) is 0 Å². The van der Waals surface area contributed by atoms with Crippen LogP contribution in [0.25, 0.3) is 0 Å². The van der Waals surface area contributed by atoms with E-state index < -0.39 is 10.0 Å². The number of hydrogen-bond donors (Lipinski definition) is 2. The fraction of sp³-hybridized carbons (Fsp3) is 0.667. The third kappa shape index (κ3) is 4.01. The van der Waals surface area contributed by atoms with Crippen LogP contribution in [-0.2, 0) is 10.0 Å². The van der Waals surface area contributed by atoms with E-state index in [4.69, 9.17) is 0 Å². The van der Waals surface area contributed by atoms with Gasteiger partial charge in [-0.1, -0.05) is 13.8 Å². The summed E-state index contributed by atoms with van der Waals surface area (Å²) in [5.41, 5.74) is 0. The number of sulfonamides is 1. The Morgan fingerprint density at radius 1 is 1.53 bits per heavy atom. The molecule has 0 saturated carbocycles. The van der Waals surface area contributed by atoms with Gasteiger partial charge in [0.15, 0.2) is 0 Å². The summed E-state index contributed by atoms with van der Waals surface area (Å²) in [6, 6.07) is 0. The van der Waals surface area contributed by atoms with E-state index in [1.54, 1.807) is 0 Å². The lowest BCUT2D eigenvalue weighted by Crippen LogP contribution is -2.26.